The van der Waals surface area contributed by atoms with Crippen LogP contribution in [0, 0.1) is 0 Å². The summed E-state index contributed by atoms with van der Waals surface area (Å²) in [6.45, 7) is 1.55. The number of carbonyl (C=O) groups is 2. The monoisotopic (exact) mass is 300 g/mol. The molecule has 5 nitrogen and oxygen atoms in total. The van der Waals surface area contributed by atoms with Crippen LogP contribution in [0.5, 0.6) is 5.75 Å². The van der Waals surface area contributed by atoms with Gasteiger partial charge < -0.3 is 4.74 Å². The molecular formula is C11H13BrN2O3. The summed E-state index contributed by atoms with van der Waals surface area (Å²) in [5.74, 6) is -0.0677. The number of hydrazine groups is 1. The van der Waals surface area contributed by atoms with Crippen molar-refractivity contribution < 1.29 is 14.3 Å². The maximum absolute atomic E-state index is 11.2. The number of hydrogen-bond donors (Lipinski definition) is 2. The third kappa shape index (κ3) is 5.35. The Morgan fingerprint density at radius 2 is 1.76 bits per heavy atom. The fourth-order valence-electron chi connectivity index (χ4n) is 0.944. The van der Waals surface area contributed by atoms with E-state index in [1.54, 1.807) is 19.1 Å². The zero-order valence-electron chi connectivity index (χ0n) is 9.33. The highest BCUT2D eigenvalue weighted by molar-refractivity contribution is 9.10. The number of halogens is 1. The number of amides is 2. The summed E-state index contributed by atoms with van der Waals surface area (Å²) in [5.41, 5.74) is 4.49. The Labute approximate surface area is 108 Å². The highest BCUT2D eigenvalue weighted by atomic mass is 79.9. The maximum atomic E-state index is 11.2. The average molecular weight is 301 g/mol. The Morgan fingerprint density at radius 3 is 2.35 bits per heavy atom. The van der Waals surface area contributed by atoms with Crippen molar-refractivity contribution in [3.05, 3.63) is 28.7 Å². The van der Waals surface area contributed by atoms with E-state index in [-0.39, 0.29) is 12.5 Å². The van der Waals surface area contributed by atoms with Crippen LogP contribution >= 0.6 is 15.9 Å². The summed E-state index contributed by atoms with van der Waals surface area (Å²) < 4.78 is 6.14. The molecule has 0 aromatic heterocycles. The number of ether oxygens (including phenoxy) is 1. The van der Waals surface area contributed by atoms with E-state index in [4.69, 9.17) is 4.74 Å². The van der Waals surface area contributed by atoms with Gasteiger partial charge in [0.25, 0.3) is 5.91 Å². The van der Waals surface area contributed by atoms with Crippen molar-refractivity contribution in [2.24, 2.45) is 0 Å². The molecule has 1 aromatic carbocycles. The first-order valence-corrected chi connectivity index (χ1v) is 5.87. The molecule has 1 aromatic rings. The van der Waals surface area contributed by atoms with Crippen LogP contribution in [0.25, 0.3) is 0 Å². The van der Waals surface area contributed by atoms with E-state index in [9.17, 15) is 9.59 Å². The van der Waals surface area contributed by atoms with Gasteiger partial charge in [0.15, 0.2) is 6.61 Å². The molecule has 17 heavy (non-hydrogen) atoms. The first-order chi connectivity index (χ1) is 8.11. The van der Waals surface area contributed by atoms with E-state index >= 15 is 0 Å². The molecule has 92 valence electrons. The van der Waals surface area contributed by atoms with Crippen LogP contribution in [-0.2, 0) is 9.59 Å². The molecule has 0 aliphatic rings. The molecule has 0 heterocycles. The van der Waals surface area contributed by atoms with Gasteiger partial charge >= 0.3 is 0 Å². The van der Waals surface area contributed by atoms with Crippen molar-refractivity contribution in [2.45, 2.75) is 13.3 Å². The van der Waals surface area contributed by atoms with Crippen molar-refractivity contribution in [3.63, 3.8) is 0 Å². The molecule has 0 aliphatic carbocycles. The summed E-state index contributed by atoms with van der Waals surface area (Å²) >= 11 is 3.29. The fourth-order valence-corrected chi connectivity index (χ4v) is 1.21. The lowest BCUT2D eigenvalue weighted by Gasteiger charge is -2.07. The normalized spacial score (nSPS) is 9.53. The van der Waals surface area contributed by atoms with Crippen molar-refractivity contribution in [1.82, 2.24) is 10.9 Å². The lowest BCUT2D eigenvalue weighted by Crippen LogP contribution is -2.43. The van der Waals surface area contributed by atoms with Crippen LogP contribution in [0.15, 0.2) is 28.7 Å². The fraction of sp³-hybridized carbons (Fsp3) is 0.273. The maximum Gasteiger partial charge on any atom is 0.276 e. The lowest BCUT2D eigenvalue weighted by atomic mass is 10.3. The van der Waals surface area contributed by atoms with Crippen molar-refractivity contribution in [2.75, 3.05) is 6.61 Å². The third-order valence-electron chi connectivity index (χ3n) is 1.85. The number of carbonyl (C=O) groups excluding carboxylic acids is 2. The van der Waals surface area contributed by atoms with Crippen LogP contribution < -0.4 is 15.6 Å². The zero-order chi connectivity index (χ0) is 12.7. The number of rotatable bonds is 4. The topological polar surface area (TPSA) is 67.4 Å². The lowest BCUT2D eigenvalue weighted by molar-refractivity contribution is -0.129. The molecule has 2 N–H and O–H groups in total. The van der Waals surface area contributed by atoms with Crippen molar-refractivity contribution in [1.29, 1.82) is 0 Å². The van der Waals surface area contributed by atoms with Crippen LogP contribution in [0.3, 0.4) is 0 Å². The minimum atomic E-state index is -0.408. The minimum Gasteiger partial charge on any atom is -0.484 e. The first-order valence-electron chi connectivity index (χ1n) is 5.08. The summed E-state index contributed by atoms with van der Waals surface area (Å²) in [5, 5.41) is 0. The van der Waals surface area contributed by atoms with Crippen LogP contribution in [0.2, 0.25) is 0 Å². The zero-order valence-corrected chi connectivity index (χ0v) is 10.9. The Hall–Kier alpha value is -1.56. The van der Waals surface area contributed by atoms with Crippen LogP contribution in [0.4, 0.5) is 0 Å². The molecule has 0 fully saturated rings. The quantitative estimate of drug-likeness (QED) is 0.826. The summed E-state index contributed by atoms with van der Waals surface area (Å²) in [7, 11) is 0. The third-order valence-corrected chi connectivity index (χ3v) is 2.37. The van der Waals surface area contributed by atoms with E-state index in [1.807, 2.05) is 12.1 Å². The molecule has 0 unspecified atom stereocenters. The van der Waals surface area contributed by atoms with E-state index < -0.39 is 5.91 Å². The first kappa shape index (κ1) is 13.5. The van der Waals surface area contributed by atoms with Crippen molar-refractivity contribution >= 4 is 27.7 Å². The molecule has 0 saturated carbocycles. The molecule has 0 saturated heterocycles. The molecule has 6 heteroatoms. The number of hydrogen-bond acceptors (Lipinski definition) is 3. The SMILES string of the molecule is CCC(=O)NNC(=O)COc1ccc(Br)cc1. The smallest absolute Gasteiger partial charge is 0.276 e. The summed E-state index contributed by atoms with van der Waals surface area (Å²) in [6, 6.07) is 7.10. The molecule has 0 atom stereocenters. The Bertz CT molecular complexity index is 392. The van der Waals surface area contributed by atoms with Crippen molar-refractivity contribution in [3.8, 4) is 5.75 Å². The van der Waals surface area contributed by atoms with Crippen LogP contribution in [0.1, 0.15) is 13.3 Å². The number of benzene rings is 1. The van der Waals surface area contributed by atoms with Gasteiger partial charge in [-0.15, -0.1) is 0 Å². The van der Waals surface area contributed by atoms with Gasteiger partial charge in [0, 0.05) is 10.9 Å². The number of nitrogens with one attached hydrogen (secondary N) is 2. The predicted molar refractivity (Wildman–Crippen MR) is 66.2 cm³/mol. The van der Waals surface area contributed by atoms with E-state index in [2.05, 4.69) is 26.8 Å². The molecule has 0 aliphatic heterocycles. The summed E-state index contributed by atoms with van der Waals surface area (Å²) in [4.78, 5) is 22.1. The highest BCUT2D eigenvalue weighted by Gasteiger charge is 2.03. The molecule has 2 amide bonds. The Kier molecular flexibility index (Phi) is 5.48. The van der Waals surface area contributed by atoms with Gasteiger partial charge in [0.05, 0.1) is 0 Å². The predicted octanol–water partition coefficient (Wildman–Crippen LogP) is 1.39. The summed E-state index contributed by atoms with van der Waals surface area (Å²) in [6.07, 6.45) is 0.313. The minimum absolute atomic E-state index is 0.147. The second-order valence-corrected chi connectivity index (χ2v) is 4.11. The van der Waals surface area contributed by atoms with E-state index in [1.165, 1.54) is 0 Å². The molecule has 0 bridgehead atoms. The van der Waals surface area contributed by atoms with E-state index in [0.717, 1.165) is 4.47 Å². The van der Waals surface area contributed by atoms with Gasteiger partial charge in [-0.2, -0.15) is 0 Å². The van der Waals surface area contributed by atoms with Gasteiger partial charge in [-0.05, 0) is 24.3 Å². The Balaban J connectivity index is 2.28. The second kappa shape index (κ2) is 6.90. The second-order valence-electron chi connectivity index (χ2n) is 3.19. The van der Waals surface area contributed by atoms with Gasteiger partial charge in [-0.25, -0.2) is 0 Å². The van der Waals surface area contributed by atoms with E-state index in [0.29, 0.717) is 12.2 Å². The molecule has 0 spiro atoms. The molecular weight excluding hydrogens is 288 g/mol. The largest absolute Gasteiger partial charge is 0.484 e. The van der Waals surface area contributed by atoms with Gasteiger partial charge in [-0.1, -0.05) is 22.9 Å². The highest BCUT2D eigenvalue weighted by Crippen LogP contribution is 2.15. The van der Waals surface area contributed by atoms with Gasteiger partial charge in [0.2, 0.25) is 5.91 Å². The molecule has 0 radical (unpaired) electrons. The standard InChI is InChI=1S/C11H13BrN2O3/c1-2-10(15)13-14-11(16)7-17-9-5-3-8(12)4-6-9/h3-6H,2,7H2,1H3,(H,13,15)(H,14,16). The average Bonchev–Trinajstić information content (AvgIpc) is 2.35. The molecule has 1 rings (SSSR count). The Morgan fingerprint density at radius 1 is 1.18 bits per heavy atom. The van der Waals surface area contributed by atoms with Gasteiger partial charge in [-0.3, -0.25) is 20.4 Å². The van der Waals surface area contributed by atoms with Crippen LogP contribution in [-0.4, -0.2) is 18.4 Å². The van der Waals surface area contributed by atoms with Gasteiger partial charge in [0.1, 0.15) is 5.75 Å².